The first kappa shape index (κ1) is 20.4. The molecule has 4 rings (SSSR count). The number of nitrogens with one attached hydrogen (secondary N) is 1. The molecule has 2 aromatic carbocycles. The second-order valence-corrected chi connectivity index (χ2v) is 8.04. The van der Waals surface area contributed by atoms with E-state index in [4.69, 9.17) is 23.2 Å². The van der Waals surface area contributed by atoms with Crippen LogP contribution in [-0.4, -0.2) is 26.2 Å². The molecule has 2 heterocycles. The van der Waals surface area contributed by atoms with E-state index < -0.39 is 0 Å². The summed E-state index contributed by atoms with van der Waals surface area (Å²) in [5.41, 5.74) is 0.963. The molecule has 6 nitrogen and oxygen atoms in total. The number of carbonyl (C=O) groups is 1. The first-order valence-electron chi connectivity index (χ1n) is 8.83. The molecule has 0 fully saturated rings. The first-order chi connectivity index (χ1) is 14.5. The van der Waals surface area contributed by atoms with Crippen LogP contribution in [0, 0.1) is 0 Å². The summed E-state index contributed by atoms with van der Waals surface area (Å²) in [7, 11) is 0. The van der Waals surface area contributed by atoms with Crippen molar-refractivity contribution in [3.63, 3.8) is 0 Å². The number of aromatic nitrogens is 3. The molecule has 0 aliphatic rings. The molecule has 1 amide bonds. The lowest BCUT2D eigenvalue weighted by molar-refractivity contribution is -0.113. The largest absolute Gasteiger partial charge is 0.310 e. The maximum atomic E-state index is 13.2. The molecule has 4 aromatic rings. The molecule has 1 N–H and O–H groups in total. The van der Waals surface area contributed by atoms with Crippen LogP contribution in [0.4, 0.5) is 5.82 Å². The third-order valence-electron chi connectivity index (χ3n) is 4.16. The number of fused-ring (bicyclic) bond motifs is 1. The fourth-order valence-electron chi connectivity index (χ4n) is 2.79. The standard InChI is InChI=1S/C21H14Cl2N4O2S/c22-13-5-8-15(9-6-13)27-20(29)16-3-1-2-4-17(16)25-21(27)30-12-19(28)26-18-10-7-14(23)11-24-18/h1-11H,12H2,(H,24,26,28). The van der Waals surface area contributed by atoms with Crippen LogP contribution in [0.25, 0.3) is 16.6 Å². The van der Waals surface area contributed by atoms with E-state index in [2.05, 4.69) is 15.3 Å². The molecular weight excluding hydrogens is 443 g/mol. The Hall–Kier alpha value is -2.87. The van der Waals surface area contributed by atoms with Crippen LogP contribution in [0.1, 0.15) is 0 Å². The van der Waals surface area contributed by atoms with Gasteiger partial charge in [0.05, 0.1) is 27.4 Å². The first-order valence-corrected chi connectivity index (χ1v) is 10.6. The van der Waals surface area contributed by atoms with Crippen molar-refractivity contribution >= 4 is 57.6 Å². The van der Waals surface area contributed by atoms with Gasteiger partial charge in [-0.25, -0.2) is 9.97 Å². The number of hydrogen-bond donors (Lipinski definition) is 1. The van der Waals surface area contributed by atoms with Crippen LogP contribution < -0.4 is 10.9 Å². The lowest BCUT2D eigenvalue weighted by Gasteiger charge is -2.13. The number of thioether (sulfide) groups is 1. The summed E-state index contributed by atoms with van der Waals surface area (Å²) in [6.45, 7) is 0. The van der Waals surface area contributed by atoms with E-state index in [1.165, 1.54) is 10.8 Å². The molecule has 9 heteroatoms. The van der Waals surface area contributed by atoms with E-state index in [1.807, 2.05) is 6.07 Å². The number of para-hydroxylation sites is 1. The van der Waals surface area contributed by atoms with Gasteiger partial charge in [-0.05, 0) is 48.5 Å². The van der Waals surface area contributed by atoms with E-state index in [9.17, 15) is 9.59 Å². The van der Waals surface area contributed by atoms with Gasteiger partial charge in [-0.3, -0.25) is 14.2 Å². The molecule has 0 spiro atoms. The van der Waals surface area contributed by atoms with Crippen molar-refractivity contribution < 1.29 is 4.79 Å². The molecule has 0 atom stereocenters. The predicted octanol–water partition coefficient (Wildman–Crippen LogP) is 4.82. The molecule has 0 bridgehead atoms. The third kappa shape index (κ3) is 4.48. The number of hydrogen-bond acceptors (Lipinski definition) is 5. The molecule has 150 valence electrons. The minimum absolute atomic E-state index is 0.0443. The van der Waals surface area contributed by atoms with Gasteiger partial charge in [0.25, 0.3) is 5.56 Å². The predicted molar refractivity (Wildman–Crippen MR) is 121 cm³/mol. The van der Waals surface area contributed by atoms with Crippen LogP contribution in [0.5, 0.6) is 0 Å². The van der Waals surface area contributed by atoms with Gasteiger partial charge < -0.3 is 5.32 Å². The lowest BCUT2D eigenvalue weighted by Crippen LogP contribution is -2.23. The third-order valence-corrected chi connectivity index (χ3v) is 5.57. The SMILES string of the molecule is O=C(CSc1nc2ccccc2c(=O)n1-c1ccc(Cl)cc1)Nc1ccc(Cl)cn1. The van der Waals surface area contributed by atoms with Gasteiger partial charge in [0, 0.05) is 11.2 Å². The normalized spacial score (nSPS) is 10.9. The van der Waals surface area contributed by atoms with Gasteiger partial charge in [0.15, 0.2) is 5.16 Å². The molecular formula is C21H14Cl2N4O2S. The number of anilines is 1. The van der Waals surface area contributed by atoms with Crippen molar-refractivity contribution in [2.45, 2.75) is 5.16 Å². The average molecular weight is 457 g/mol. The van der Waals surface area contributed by atoms with Gasteiger partial charge in [-0.15, -0.1) is 0 Å². The average Bonchev–Trinajstić information content (AvgIpc) is 2.75. The van der Waals surface area contributed by atoms with Gasteiger partial charge in [-0.1, -0.05) is 47.1 Å². The Bertz CT molecular complexity index is 1280. The van der Waals surface area contributed by atoms with Crippen LogP contribution >= 0.6 is 35.0 Å². The van der Waals surface area contributed by atoms with Crippen molar-refractivity contribution in [1.82, 2.24) is 14.5 Å². The van der Waals surface area contributed by atoms with Crippen LogP contribution in [0.3, 0.4) is 0 Å². The second kappa shape index (κ2) is 8.87. The van der Waals surface area contributed by atoms with Crippen molar-refractivity contribution in [1.29, 1.82) is 0 Å². The monoisotopic (exact) mass is 456 g/mol. The van der Waals surface area contributed by atoms with Gasteiger partial charge in [0.1, 0.15) is 5.82 Å². The molecule has 0 radical (unpaired) electrons. The zero-order chi connectivity index (χ0) is 21.1. The Kier molecular flexibility index (Phi) is 6.03. The number of benzene rings is 2. The fraction of sp³-hybridized carbons (Fsp3) is 0.0476. The number of halogens is 2. The maximum absolute atomic E-state index is 13.2. The van der Waals surface area contributed by atoms with E-state index in [0.29, 0.717) is 37.6 Å². The fourth-order valence-corrected chi connectivity index (χ4v) is 3.84. The minimum Gasteiger partial charge on any atom is -0.310 e. The van der Waals surface area contributed by atoms with Crippen LogP contribution in [-0.2, 0) is 4.79 Å². The van der Waals surface area contributed by atoms with Crippen LogP contribution in [0.15, 0.2) is 76.8 Å². The lowest BCUT2D eigenvalue weighted by atomic mass is 10.2. The van der Waals surface area contributed by atoms with Crippen molar-refractivity contribution in [2.75, 3.05) is 11.1 Å². The number of rotatable bonds is 5. The maximum Gasteiger partial charge on any atom is 0.266 e. The number of nitrogens with zero attached hydrogens (tertiary/aromatic N) is 3. The Morgan fingerprint density at radius 3 is 2.47 bits per heavy atom. The summed E-state index contributed by atoms with van der Waals surface area (Å²) in [6, 6.07) is 17.2. The Balaban J connectivity index is 1.66. The molecule has 0 saturated heterocycles. The second-order valence-electron chi connectivity index (χ2n) is 6.23. The highest BCUT2D eigenvalue weighted by atomic mass is 35.5. The van der Waals surface area contributed by atoms with E-state index in [-0.39, 0.29) is 17.2 Å². The van der Waals surface area contributed by atoms with E-state index in [1.54, 1.807) is 54.6 Å². The zero-order valence-corrected chi connectivity index (χ0v) is 17.7. The summed E-state index contributed by atoms with van der Waals surface area (Å²) in [5, 5.41) is 4.63. The van der Waals surface area contributed by atoms with Crippen molar-refractivity contribution in [3.8, 4) is 5.69 Å². The van der Waals surface area contributed by atoms with Gasteiger partial charge >= 0.3 is 0 Å². The Labute approximate surface area is 185 Å². The van der Waals surface area contributed by atoms with Gasteiger partial charge in [-0.2, -0.15) is 0 Å². The number of pyridine rings is 1. The Morgan fingerprint density at radius 1 is 1.00 bits per heavy atom. The van der Waals surface area contributed by atoms with Crippen molar-refractivity contribution in [2.24, 2.45) is 0 Å². The number of amides is 1. The number of carbonyl (C=O) groups excluding carboxylic acids is 1. The van der Waals surface area contributed by atoms with Crippen LogP contribution in [0.2, 0.25) is 10.0 Å². The minimum atomic E-state index is -0.278. The Morgan fingerprint density at radius 2 is 1.73 bits per heavy atom. The highest BCUT2D eigenvalue weighted by Gasteiger charge is 2.15. The summed E-state index contributed by atoms with van der Waals surface area (Å²) < 4.78 is 1.48. The molecule has 2 aromatic heterocycles. The topological polar surface area (TPSA) is 76.9 Å². The quantitative estimate of drug-likeness (QED) is 0.344. The molecule has 0 unspecified atom stereocenters. The smallest absolute Gasteiger partial charge is 0.266 e. The molecule has 30 heavy (non-hydrogen) atoms. The van der Waals surface area contributed by atoms with Crippen molar-refractivity contribution in [3.05, 3.63) is 87.3 Å². The van der Waals surface area contributed by atoms with Gasteiger partial charge in [0.2, 0.25) is 5.91 Å². The highest BCUT2D eigenvalue weighted by Crippen LogP contribution is 2.22. The summed E-state index contributed by atoms with van der Waals surface area (Å²) in [5.74, 6) is 0.161. The summed E-state index contributed by atoms with van der Waals surface area (Å²) in [6.07, 6.45) is 1.45. The molecule has 0 saturated carbocycles. The summed E-state index contributed by atoms with van der Waals surface area (Å²) in [4.78, 5) is 34.2. The molecule has 0 aliphatic carbocycles. The van der Waals surface area contributed by atoms with E-state index in [0.717, 1.165) is 11.8 Å². The summed E-state index contributed by atoms with van der Waals surface area (Å²) >= 11 is 13.0. The zero-order valence-electron chi connectivity index (χ0n) is 15.4. The molecule has 0 aliphatic heterocycles. The highest BCUT2D eigenvalue weighted by molar-refractivity contribution is 7.99. The van der Waals surface area contributed by atoms with E-state index >= 15 is 0 Å².